The van der Waals surface area contributed by atoms with Crippen molar-refractivity contribution >= 4 is 11.3 Å². The van der Waals surface area contributed by atoms with Gasteiger partial charge in [-0.15, -0.1) is 11.3 Å². The number of nitrogens with zero attached hydrogens (tertiary/aromatic N) is 2. The SMILES string of the molecule is NCc1nc(-c2cccs2)c2n1CCC2. The van der Waals surface area contributed by atoms with E-state index >= 15 is 0 Å². The van der Waals surface area contributed by atoms with E-state index in [0.29, 0.717) is 6.54 Å². The Morgan fingerprint density at radius 2 is 2.47 bits per heavy atom. The molecule has 0 radical (unpaired) electrons. The summed E-state index contributed by atoms with van der Waals surface area (Å²) >= 11 is 1.75. The van der Waals surface area contributed by atoms with Crippen LogP contribution in [-0.4, -0.2) is 9.55 Å². The smallest absolute Gasteiger partial charge is 0.123 e. The highest BCUT2D eigenvalue weighted by molar-refractivity contribution is 7.13. The zero-order valence-electron chi connectivity index (χ0n) is 8.44. The molecule has 0 fully saturated rings. The van der Waals surface area contributed by atoms with Crippen LogP contribution in [-0.2, 0) is 19.5 Å². The van der Waals surface area contributed by atoms with Crippen LogP contribution in [0.2, 0.25) is 0 Å². The van der Waals surface area contributed by atoms with E-state index in [9.17, 15) is 0 Å². The van der Waals surface area contributed by atoms with Gasteiger partial charge in [0.15, 0.2) is 0 Å². The van der Waals surface area contributed by atoms with Crippen molar-refractivity contribution in [1.82, 2.24) is 9.55 Å². The van der Waals surface area contributed by atoms with Gasteiger partial charge in [0, 0.05) is 12.2 Å². The van der Waals surface area contributed by atoms with Gasteiger partial charge >= 0.3 is 0 Å². The molecule has 0 spiro atoms. The monoisotopic (exact) mass is 219 g/mol. The molecular formula is C11H13N3S. The summed E-state index contributed by atoms with van der Waals surface area (Å²) in [5.41, 5.74) is 8.24. The largest absolute Gasteiger partial charge is 0.330 e. The molecule has 3 rings (SSSR count). The molecule has 0 bridgehead atoms. The first-order valence-corrected chi connectivity index (χ1v) is 6.10. The second-order valence-corrected chi connectivity index (χ2v) is 4.71. The normalized spacial score (nSPS) is 14.5. The van der Waals surface area contributed by atoms with E-state index in [2.05, 4.69) is 27.1 Å². The van der Waals surface area contributed by atoms with Crippen molar-refractivity contribution in [1.29, 1.82) is 0 Å². The van der Waals surface area contributed by atoms with Crippen LogP contribution in [0.25, 0.3) is 10.6 Å². The van der Waals surface area contributed by atoms with Crippen LogP contribution in [0.5, 0.6) is 0 Å². The van der Waals surface area contributed by atoms with Gasteiger partial charge in [0.2, 0.25) is 0 Å². The fourth-order valence-corrected chi connectivity index (χ4v) is 2.96. The molecule has 78 valence electrons. The average molecular weight is 219 g/mol. The lowest BCUT2D eigenvalue weighted by Gasteiger charge is -1.99. The first kappa shape index (κ1) is 9.12. The molecular weight excluding hydrogens is 206 g/mol. The molecule has 0 amide bonds. The van der Waals surface area contributed by atoms with Gasteiger partial charge in [0.1, 0.15) is 11.5 Å². The molecule has 0 saturated carbocycles. The Balaban J connectivity index is 2.17. The Hall–Kier alpha value is -1.13. The van der Waals surface area contributed by atoms with Crippen LogP contribution in [0.3, 0.4) is 0 Å². The Morgan fingerprint density at radius 1 is 1.53 bits per heavy atom. The fourth-order valence-electron chi connectivity index (χ4n) is 2.23. The average Bonchev–Trinajstić information content (AvgIpc) is 2.94. The Labute approximate surface area is 92.6 Å². The molecule has 0 atom stereocenters. The number of imidazole rings is 1. The Bertz CT molecular complexity index is 470. The predicted octanol–water partition coefficient (Wildman–Crippen LogP) is 2.02. The first-order valence-electron chi connectivity index (χ1n) is 5.22. The molecule has 2 N–H and O–H groups in total. The Kier molecular flexibility index (Phi) is 2.11. The van der Waals surface area contributed by atoms with Crippen molar-refractivity contribution in [3.05, 3.63) is 29.0 Å². The molecule has 0 unspecified atom stereocenters. The molecule has 1 aliphatic heterocycles. The summed E-state index contributed by atoms with van der Waals surface area (Å²) in [6, 6.07) is 4.20. The van der Waals surface area contributed by atoms with Crippen LogP contribution >= 0.6 is 11.3 Å². The predicted molar refractivity (Wildman–Crippen MR) is 61.8 cm³/mol. The van der Waals surface area contributed by atoms with Gasteiger partial charge in [-0.25, -0.2) is 4.98 Å². The van der Waals surface area contributed by atoms with Gasteiger partial charge in [-0.1, -0.05) is 6.07 Å². The van der Waals surface area contributed by atoms with Crippen molar-refractivity contribution in [3.63, 3.8) is 0 Å². The lowest BCUT2D eigenvalue weighted by Crippen LogP contribution is -2.06. The standard InChI is InChI=1S/C11H13N3S/c12-7-10-13-11(9-4-2-6-15-9)8-3-1-5-14(8)10/h2,4,6H,1,3,5,7,12H2. The maximum atomic E-state index is 5.71. The summed E-state index contributed by atoms with van der Waals surface area (Å²) in [5, 5.41) is 2.10. The maximum absolute atomic E-state index is 5.71. The lowest BCUT2D eigenvalue weighted by molar-refractivity contribution is 0.689. The molecule has 0 saturated heterocycles. The number of fused-ring (bicyclic) bond motifs is 1. The topological polar surface area (TPSA) is 43.8 Å². The molecule has 4 heteroatoms. The molecule has 15 heavy (non-hydrogen) atoms. The van der Waals surface area contributed by atoms with E-state index in [1.807, 2.05) is 0 Å². The van der Waals surface area contributed by atoms with Gasteiger partial charge in [-0.2, -0.15) is 0 Å². The minimum Gasteiger partial charge on any atom is -0.330 e. The van der Waals surface area contributed by atoms with Crippen molar-refractivity contribution in [2.45, 2.75) is 25.9 Å². The first-order chi connectivity index (χ1) is 7.40. The number of nitrogens with two attached hydrogens (primary N) is 1. The van der Waals surface area contributed by atoms with E-state index in [0.717, 1.165) is 24.5 Å². The van der Waals surface area contributed by atoms with Crippen molar-refractivity contribution in [2.75, 3.05) is 0 Å². The highest BCUT2D eigenvalue weighted by Crippen LogP contribution is 2.31. The summed E-state index contributed by atoms with van der Waals surface area (Å²) in [6.45, 7) is 1.62. The Morgan fingerprint density at radius 3 is 3.20 bits per heavy atom. The lowest BCUT2D eigenvalue weighted by atomic mass is 10.2. The van der Waals surface area contributed by atoms with Crippen LogP contribution < -0.4 is 5.73 Å². The summed E-state index contributed by atoms with van der Waals surface area (Å²) in [5.74, 6) is 1.03. The van der Waals surface area contributed by atoms with Gasteiger partial charge in [-0.05, 0) is 24.3 Å². The zero-order chi connectivity index (χ0) is 10.3. The summed E-state index contributed by atoms with van der Waals surface area (Å²) in [4.78, 5) is 5.91. The summed E-state index contributed by atoms with van der Waals surface area (Å²) in [7, 11) is 0. The molecule has 3 nitrogen and oxygen atoms in total. The number of hydrogen-bond donors (Lipinski definition) is 1. The third kappa shape index (κ3) is 1.33. The molecule has 0 aliphatic carbocycles. The number of hydrogen-bond acceptors (Lipinski definition) is 3. The molecule has 2 aromatic heterocycles. The van der Waals surface area contributed by atoms with E-state index in [1.54, 1.807) is 11.3 Å². The number of aromatic nitrogens is 2. The van der Waals surface area contributed by atoms with Gasteiger partial charge in [0.05, 0.1) is 11.4 Å². The third-order valence-corrected chi connectivity index (χ3v) is 3.76. The number of thiophene rings is 1. The van der Waals surface area contributed by atoms with Crippen molar-refractivity contribution in [2.24, 2.45) is 5.73 Å². The van der Waals surface area contributed by atoms with Crippen molar-refractivity contribution < 1.29 is 0 Å². The second-order valence-electron chi connectivity index (χ2n) is 3.76. The van der Waals surface area contributed by atoms with E-state index < -0.39 is 0 Å². The van der Waals surface area contributed by atoms with Crippen LogP contribution in [0.15, 0.2) is 17.5 Å². The van der Waals surface area contributed by atoms with Gasteiger partial charge in [0.25, 0.3) is 0 Å². The highest BCUT2D eigenvalue weighted by atomic mass is 32.1. The molecule has 3 heterocycles. The minimum atomic E-state index is 0.540. The zero-order valence-corrected chi connectivity index (χ0v) is 9.26. The fraction of sp³-hybridized carbons (Fsp3) is 0.364. The summed E-state index contributed by atoms with van der Waals surface area (Å²) in [6.07, 6.45) is 2.36. The van der Waals surface area contributed by atoms with Crippen LogP contribution in [0.4, 0.5) is 0 Å². The highest BCUT2D eigenvalue weighted by Gasteiger charge is 2.21. The summed E-state index contributed by atoms with van der Waals surface area (Å²) < 4.78 is 2.29. The maximum Gasteiger partial charge on any atom is 0.123 e. The quantitative estimate of drug-likeness (QED) is 0.839. The minimum absolute atomic E-state index is 0.540. The van der Waals surface area contributed by atoms with Gasteiger partial charge in [-0.3, -0.25) is 0 Å². The van der Waals surface area contributed by atoms with Crippen LogP contribution in [0, 0.1) is 0 Å². The second kappa shape index (κ2) is 3.47. The van der Waals surface area contributed by atoms with E-state index in [-0.39, 0.29) is 0 Å². The molecule has 0 aromatic carbocycles. The van der Waals surface area contributed by atoms with Crippen LogP contribution in [0.1, 0.15) is 17.9 Å². The van der Waals surface area contributed by atoms with E-state index in [4.69, 9.17) is 5.73 Å². The van der Waals surface area contributed by atoms with E-state index in [1.165, 1.54) is 17.0 Å². The number of rotatable bonds is 2. The molecule has 1 aliphatic rings. The molecule has 2 aromatic rings. The third-order valence-electron chi connectivity index (χ3n) is 2.88. The van der Waals surface area contributed by atoms with Crippen molar-refractivity contribution in [3.8, 4) is 10.6 Å². The van der Waals surface area contributed by atoms with Gasteiger partial charge < -0.3 is 10.3 Å².